The number of nitrogens with one attached hydrogen (secondary N) is 1. The maximum absolute atomic E-state index is 13.0. The highest BCUT2D eigenvalue weighted by Crippen LogP contribution is 2.29. The van der Waals surface area contributed by atoms with E-state index in [1.54, 1.807) is 0 Å². The van der Waals surface area contributed by atoms with Crippen LogP contribution < -0.4 is 5.32 Å². The molecule has 1 atom stereocenters. The molecule has 2 aromatic rings. The van der Waals surface area contributed by atoms with Gasteiger partial charge in [-0.25, -0.2) is 8.42 Å². The summed E-state index contributed by atoms with van der Waals surface area (Å²) in [5.41, 5.74) is -0.455. The smallest absolute Gasteiger partial charge is 0.341 e. The molecule has 1 N–H and O–H groups in total. The lowest BCUT2D eigenvalue weighted by Crippen LogP contribution is -2.42. The van der Waals surface area contributed by atoms with Gasteiger partial charge in [-0.3, -0.25) is 4.79 Å². The zero-order chi connectivity index (χ0) is 23.4. The molecule has 1 heterocycles. The third-order valence-electron chi connectivity index (χ3n) is 5.20. The van der Waals surface area contributed by atoms with E-state index < -0.39 is 27.7 Å². The van der Waals surface area contributed by atoms with Gasteiger partial charge in [0.25, 0.3) is 5.91 Å². The Labute approximate surface area is 185 Å². The van der Waals surface area contributed by atoms with Crippen LogP contribution in [0.3, 0.4) is 0 Å². The van der Waals surface area contributed by atoms with Gasteiger partial charge in [0, 0.05) is 23.7 Å². The van der Waals surface area contributed by atoms with Crippen molar-refractivity contribution in [3.8, 4) is 11.8 Å². The maximum atomic E-state index is 13.0. The molecule has 9 heteroatoms. The maximum Gasteiger partial charge on any atom is 0.416 e. The topological polar surface area (TPSA) is 66.5 Å². The van der Waals surface area contributed by atoms with E-state index in [-0.39, 0.29) is 28.6 Å². The van der Waals surface area contributed by atoms with E-state index in [0.29, 0.717) is 6.54 Å². The molecule has 0 bridgehead atoms. The molecule has 3 rings (SSSR count). The minimum atomic E-state index is -4.46. The molecular weight excluding hydrogens is 441 g/mol. The van der Waals surface area contributed by atoms with E-state index in [0.717, 1.165) is 31.4 Å². The third-order valence-corrected chi connectivity index (χ3v) is 7.21. The minimum absolute atomic E-state index is 0.0500. The predicted molar refractivity (Wildman–Crippen MR) is 114 cm³/mol. The summed E-state index contributed by atoms with van der Waals surface area (Å²) in [6.45, 7) is 2.22. The van der Waals surface area contributed by atoms with Crippen molar-refractivity contribution in [3.05, 3.63) is 65.2 Å². The van der Waals surface area contributed by atoms with Crippen molar-refractivity contribution >= 4 is 15.9 Å². The Bertz CT molecular complexity index is 1150. The number of carbonyl (C=O) groups excluding carboxylic acids is 1. The number of hydrogen-bond acceptors (Lipinski definition) is 3. The second kappa shape index (κ2) is 9.76. The molecule has 0 aliphatic carbocycles. The zero-order valence-electron chi connectivity index (χ0n) is 17.4. The number of alkyl halides is 3. The monoisotopic (exact) mass is 464 g/mol. The molecule has 0 unspecified atom stereocenters. The van der Waals surface area contributed by atoms with Gasteiger partial charge in [0.15, 0.2) is 0 Å². The second-order valence-corrected chi connectivity index (χ2v) is 9.44. The van der Waals surface area contributed by atoms with E-state index in [1.807, 2.05) is 6.92 Å². The number of hydrogen-bond donors (Lipinski definition) is 1. The standard InChI is InChI=1S/C23H23F3N2O3S/c1-17-7-2-3-14-28(17)32(30,31)21-12-5-10-19(16-21)22(29)27-13-6-9-18-8-4-11-20(15-18)23(24,25)26/h4-5,8,10-12,15-17H,2-3,7,13-14H2,1H3,(H,27,29)/t17-/m1/s1. The van der Waals surface area contributed by atoms with E-state index in [4.69, 9.17) is 0 Å². The van der Waals surface area contributed by atoms with E-state index >= 15 is 0 Å². The van der Waals surface area contributed by atoms with Gasteiger partial charge in [0.05, 0.1) is 17.0 Å². The highest BCUT2D eigenvalue weighted by molar-refractivity contribution is 7.89. The first-order valence-corrected chi connectivity index (χ1v) is 11.6. The molecule has 2 aromatic carbocycles. The third kappa shape index (κ3) is 5.69. The Hall–Kier alpha value is -2.83. The van der Waals surface area contributed by atoms with Crippen LogP contribution in [0.2, 0.25) is 0 Å². The summed E-state index contributed by atoms with van der Waals surface area (Å²) >= 11 is 0. The molecule has 0 radical (unpaired) electrons. The van der Waals surface area contributed by atoms with Crippen LogP contribution in [0.5, 0.6) is 0 Å². The van der Waals surface area contributed by atoms with Crippen molar-refractivity contribution in [3.63, 3.8) is 0 Å². The molecule has 0 spiro atoms. The minimum Gasteiger partial charge on any atom is -0.341 e. The highest BCUT2D eigenvalue weighted by atomic mass is 32.2. The second-order valence-electron chi connectivity index (χ2n) is 7.55. The lowest BCUT2D eigenvalue weighted by molar-refractivity contribution is -0.137. The quantitative estimate of drug-likeness (QED) is 0.695. The molecule has 5 nitrogen and oxygen atoms in total. The zero-order valence-corrected chi connectivity index (χ0v) is 18.3. The Morgan fingerprint density at radius 1 is 1.16 bits per heavy atom. The fourth-order valence-electron chi connectivity index (χ4n) is 3.51. The molecule has 0 saturated carbocycles. The van der Waals surface area contributed by atoms with Crippen LogP contribution in [-0.4, -0.2) is 37.8 Å². The molecule has 1 aliphatic rings. The fourth-order valence-corrected chi connectivity index (χ4v) is 5.25. The van der Waals surface area contributed by atoms with Crippen LogP contribution in [-0.2, 0) is 16.2 Å². The first-order chi connectivity index (χ1) is 15.1. The highest BCUT2D eigenvalue weighted by Gasteiger charge is 2.31. The van der Waals surface area contributed by atoms with Crippen molar-refractivity contribution in [2.45, 2.75) is 43.3 Å². The number of piperidine rings is 1. The van der Waals surface area contributed by atoms with E-state index in [9.17, 15) is 26.4 Å². The summed E-state index contributed by atoms with van der Waals surface area (Å²) in [4.78, 5) is 12.5. The number of benzene rings is 2. The van der Waals surface area contributed by atoms with Crippen LogP contribution in [0, 0.1) is 11.8 Å². The fraction of sp³-hybridized carbons (Fsp3) is 0.348. The number of amides is 1. The number of sulfonamides is 1. The molecule has 170 valence electrons. The average Bonchev–Trinajstić information content (AvgIpc) is 2.76. The number of rotatable bonds is 4. The van der Waals surface area contributed by atoms with Gasteiger partial charge in [-0.05, 0) is 56.2 Å². The summed E-state index contributed by atoms with van der Waals surface area (Å²) in [6.07, 6.45) is -1.88. The Balaban J connectivity index is 1.67. The lowest BCUT2D eigenvalue weighted by Gasteiger charge is -2.32. The van der Waals surface area contributed by atoms with Gasteiger partial charge in [-0.1, -0.05) is 30.4 Å². The summed E-state index contributed by atoms with van der Waals surface area (Å²) < 4.78 is 65.7. The lowest BCUT2D eigenvalue weighted by atomic mass is 10.1. The molecule has 1 amide bonds. The largest absolute Gasteiger partial charge is 0.416 e. The molecule has 1 aliphatic heterocycles. The first-order valence-electron chi connectivity index (χ1n) is 10.2. The summed E-state index contributed by atoms with van der Waals surface area (Å²) in [6, 6.07) is 10.3. The van der Waals surface area contributed by atoms with Crippen LogP contribution in [0.15, 0.2) is 53.4 Å². The van der Waals surface area contributed by atoms with Crippen molar-refractivity contribution < 1.29 is 26.4 Å². The van der Waals surface area contributed by atoms with Gasteiger partial charge in [0.2, 0.25) is 10.0 Å². The van der Waals surface area contributed by atoms with Crippen LogP contribution in [0.1, 0.15) is 47.7 Å². The predicted octanol–water partition coefficient (Wildman–Crippen LogP) is 4.05. The normalized spacial score (nSPS) is 17.3. The van der Waals surface area contributed by atoms with Gasteiger partial charge in [-0.15, -0.1) is 0 Å². The first kappa shape index (κ1) is 23.8. The van der Waals surface area contributed by atoms with Crippen molar-refractivity contribution in [2.75, 3.05) is 13.1 Å². The summed E-state index contributed by atoms with van der Waals surface area (Å²) in [5, 5.41) is 2.54. The molecule has 1 saturated heterocycles. The van der Waals surface area contributed by atoms with Crippen LogP contribution in [0.4, 0.5) is 13.2 Å². The number of halogens is 3. The Morgan fingerprint density at radius 2 is 1.91 bits per heavy atom. The SMILES string of the molecule is C[C@@H]1CCCCN1S(=O)(=O)c1cccc(C(=O)NCC#Cc2cccc(C(F)(F)F)c2)c1. The van der Waals surface area contributed by atoms with Crippen molar-refractivity contribution in [1.29, 1.82) is 0 Å². The average molecular weight is 465 g/mol. The van der Waals surface area contributed by atoms with Crippen molar-refractivity contribution in [2.24, 2.45) is 0 Å². The van der Waals surface area contributed by atoms with Gasteiger partial charge in [-0.2, -0.15) is 17.5 Å². The molecule has 0 aromatic heterocycles. The molecular formula is C23H23F3N2O3S. The van der Waals surface area contributed by atoms with Gasteiger partial charge < -0.3 is 5.32 Å². The van der Waals surface area contributed by atoms with E-state index in [1.165, 1.54) is 40.7 Å². The number of carbonyl (C=O) groups is 1. The van der Waals surface area contributed by atoms with Gasteiger partial charge >= 0.3 is 6.18 Å². The van der Waals surface area contributed by atoms with Crippen molar-refractivity contribution in [1.82, 2.24) is 9.62 Å². The van der Waals surface area contributed by atoms with Crippen LogP contribution >= 0.6 is 0 Å². The van der Waals surface area contributed by atoms with Gasteiger partial charge in [0.1, 0.15) is 0 Å². The molecule has 1 fully saturated rings. The summed E-state index contributed by atoms with van der Waals surface area (Å²) in [5.74, 6) is 4.67. The number of nitrogens with zero attached hydrogens (tertiary/aromatic N) is 1. The molecule has 32 heavy (non-hydrogen) atoms. The van der Waals surface area contributed by atoms with E-state index in [2.05, 4.69) is 17.2 Å². The summed E-state index contributed by atoms with van der Waals surface area (Å²) in [7, 11) is -3.71. The Kier molecular flexibility index (Phi) is 7.26. The Morgan fingerprint density at radius 3 is 2.62 bits per heavy atom. The van der Waals surface area contributed by atoms with Crippen LogP contribution in [0.25, 0.3) is 0 Å².